The molecule has 1 heterocycles. The van der Waals surface area contributed by atoms with Gasteiger partial charge in [-0.3, -0.25) is 4.98 Å². The van der Waals surface area contributed by atoms with E-state index in [-0.39, 0.29) is 0 Å². The highest BCUT2D eigenvalue weighted by Gasteiger charge is 2.07. The summed E-state index contributed by atoms with van der Waals surface area (Å²) in [5, 5.41) is 3.50. The van der Waals surface area contributed by atoms with Crippen LogP contribution in [0.4, 0.5) is 0 Å². The van der Waals surface area contributed by atoms with Crippen LogP contribution in [0.3, 0.4) is 0 Å². The Balaban J connectivity index is 2.64. The summed E-state index contributed by atoms with van der Waals surface area (Å²) in [6.07, 6.45) is 1.83. The van der Waals surface area contributed by atoms with E-state index in [1.807, 2.05) is 24.4 Å². The highest BCUT2D eigenvalue weighted by Crippen LogP contribution is 2.33. The first-order valence-corrected chi connectivity index (χ1v) is 6.47. The van der Waals surface area contributed by atoms with E-state index in [9.17, 15) is 0 Å². The predicted octanol–water partition coefficient (Wildman–Crippen LogP) is 4.91. The van der Waals surface area contributed by atoms with E-state index in [0.717, 1.165) is 19.8 Å². The summed E-state index contributed by atoms with van der Waals surface area (Å²) in [5.74, 6) is 0. The Morgan fingerprint density at radius 1 is 0.812 bits per heavy atom. The van der Waals surface area contributed by atoms with E-state index < -0.39 is 0 Å². The van der Waals surface area contributed by atoms with Gasteiger partial charge in [0.05, 0.1) is 5.52 Å². The second-order valence-corrected chi connectivity index (χ2v) is 5.30. The Kier molecular flexibility index (Phi) is 2.45. The van der Waals surface area contributed by atoms with Gasteiger partial charge in [0.2, 0.25) is 0 Å². The molecule has 3 heteroatoms. The molecule has 2 aromatic carbocycles. The van der Waals surface area contributed by atoms with Gasteiger partial charge in [-0.2, -0.15) is 0 Å². The lowest BCUT2D eigenvalue weighted by molar-refractivity contribution is 1.41. The van der Waals surface area contributed by atoms with Crippen molar-refractivity contribution in [3.63, 3.8) is 0 Å². The number of fused-ring (bicyclic) bond motifs is 3. The van der Waals surface area contributed by atoms with Crippen molar-refractivity contribution < 1.29 is 0 Å². The maximum absolute atomic E-state index is 4.46. The molecular formula is C13H7Br2N. The zero-order valence-corrected chi connectivity index (χ0v) is 11.4. The van der Waals surface area contributed by atoms with Crippen LogP contribution in [0.1, 0.15) is 0 Å². The Bertz CT molecular complexity index is 687. The summed E-state index contributed by atoms with van der Waals surface area (Å²) < 4.78 is 2.17. The van der Waals surface area contributed by atoms with Crippen LogP contribution in [0, 0.1) is 0 Å². The van der Waals surface area contributed by atoms with Crippen LogP contribution in [-0.2, 0) is 0 Å². The Morgan fingerprint density at radius 2 is 1.56 bits per heavy atom. The summed E-state index contributed by atoms with van der Waals surface area (Å²) in [7, 11) is 0. The maximum atomic E-state index is 4.46. The van der Waals surface area contributed by atoms with Crippen LogP contribution in [0.2, 0.25) is 0 Å². The molecule has 0 saturated carbocycles. The first-order chi connectivity index (χ1) is 7.77. The van der Waals surface area contributed by atoms with Crippen molar-refractivity contribution in [1.29, 1.82) is 0 Å². The number of hydrogen-bond donors (Lipinski definition) is 0. The smallest absolute Gasteiger partial charge is 0.0792 e. The molecule has 0 aliphatic carbocycles. The standard InChI is InChI=1S/C13H7Br2N/c14-11-5-6-16-13-9-4-2-1-3-8(9)12(15)7-10(11)13/h1-7H. The molecule has 1 aromatic heterocycles. The SMILES string of the molecule is Brc1cc2c(Br)ccnc2c2ccccc12. The lowest BCUT2D eigenvalue weighted by atomic mass is 10.1. The lowest BCUT2D eigenvalue weighted by Crippen LogP contribution is -1.83. The minimum absolute atomic E-state index is 1.04. The predicted molar refractivity (Wildman–Crippen MR) is 74.6 cm³/mol. The molecule has 0 saturated heterocycles. The molecule has 0 amide bonds. The molecule has 3 rings (SSSR count). The van der Waals surface area contributed by atoms with Gasteiger partial charge in [0.25, 0.3) is 0 Å². The number of aromatic nitrogens is 1. The van der Waals surface area contributed by atoms with E-state index in [2.05, 4.69) is 55.0 Å². The Hall–Kier alpha value is -0.930. The molecule has 16 heavy (non-hydrogen) atoms. The van der Waals surface area contributed by atoms with Gasteiger partial charge in [-0.25, -0.2) is 0 Å². The van der Waals surface area contributed by atoms with Crippen molar-refractivity contribution in [1.82, 2.24) is 4.98 Å². The summed E-state index contributed by atoms with van der Waals surface area (Å²) >= 11 is 7.16. The van der Waals surface area contributed by atoms with E-state index in [0.29, 0.717) is 0 Å². The number of nitrogens with zero attached hydrogens (tertiary/aromatic N) is 1. The fraction of sp³-hybridized carbons (Fsp3) is 0. The summed E-state index contributed by atoms with van der Waals surface area (Å²) in [4.78, 5) is 4.46. The van der Waals surface area contributed by atoms with E-state index >= 15 is 0 Å². The monoisotopic (exact) mass is 335 g/mol. The number of benzene rings is 2. The second-order valence-electron chi connectivity index (χ2n) is 3.59. The largest absolute Gasteiger partial charge is 0.256 e. The highest BCUT2D eigenvalue weighted by atomic mass is 79.9. The number of pyridine rings is 1. The quantitative estimate of drug-likeness (QED) is 0.531. The molecule has 0 radical (unpaired) electrons. The van der Waals surface area contributed by atoms with Gasteiger partial charge in [-0.1, -0.05) is 56.1 Å². The van der Waals surface area contributed by atoms with Crippen molar-refractivity contribution in [2.75, 3.05) is 0 Å². The average Bonchev–Trinajstić information content (AvgIpc) is 2.31. The molecule has 3 aromatic rings. The topological polar surface area (TPSA) is 12.9 Å². The second kappa shape index (κ2) is 3.82. The molecule has 0 spiro atoms. The number of hydrogen-bond acceptors (Lipinski definition) is 1. The van der Waals surface area contributed by atoms with Crippen LogP contribution in [0.25, 0.3) is 21.7 Å². The van der Waals surface area contributed by atoms with Crippen LogP contribution in [-0.4, -0.2) is 4.98 Å². The van der Waals surface area contributed by atoms with Gasteiger partial charge in [0.1, 0.15) is 0 Å². The van der Waals surface area contributed by atoms with E-state index in [1.165, 1.54) is 10.8 Å². The third-order valence-electron chi connectivity index (χ3n) is 2.65. The Morgan fingerprint density at radius 3 is 2.38 bits per heavy atom. The normalized spacial score (nSPS) is 11.1. The number of halogens is 2. The zero-order chi connectivity index (χ0) is 11.1. The maximum Gasteiger partial charge on any atom is 0.0792 e. The lowest BCUT2D eigenvalue weighted by Gasteiger charge is -2.06. The number of rotatable bonds is 0. The summed E-state index contributed by atoms with van der Waals surface area (Å²) in [6, 6.07) is 12.3. The van der Waals surface area contributed by atoms with Gasteiger partial charge in [0, 0.05) is 25.9 Å². The molecule has 0 N–H and O–H groups in total. The summed E-state index contributed by atoms with van der Waals surface area (Å²) in [6.45, 7) is 0. The van der Waals surface area contributed by atoms with Crippen molar-refractivity contribution >= 4 is 53.5 Å². The molecule has 0 aliphatic heterocycles. The Labute approximate surface area is 110 Å². The first kappa shape index (κ1) is 10.2. The van der Waals surface area contributed by atoms with Crippen LogP contribution >= 0.6 is 31.9 Å². The van der Waals surface area contributed by atoms with Gasteiger partial charge in [-0.05, 0) is 17.5 Å². The van der Waals surface area contributed by atoms with Gasteiger partial charge >= 0.3 is 0 Å². The van der Waals surface area contributed by atoms with Crippen molar-refractivity contribution in [3.8, 4) is 0 Å². The summed E-state index contributed by atoms with van der Waals surface area (Å²) in [5.41, 5.74) is 1.04. The molecule has 0 bridgehead atoms. The third-order valence-corrected chi connectivity index (χ3v) is 4.00. The molecular weight excluding hydrogens is 330 g/mol. The van der Waals surface area contributed by atoms with Crippen molar-refractivity contribution in [3.05, 3.63) is 51.5 Å². The molecule has 0 atom stereocenters. The minimum Gasteiger partial charge on any atom is -0.256 e. The van der Waals surface area contributed by atoms with Crippen molar-refractivity contribution in [2.45, 2.75) is 0 Å². The average molecular weight is 337 g/mol. The van der Waals surface area contributed by atoms with E-state index in [1.54, 1.807) is 0 Å². The third kappa shape index (κ3) is 1.46. The molecule has 78 valence electrons. The highest BCUT2D eigenvalue weighted by molar-refractivity contribution is 9.11. The zero-order valence-electron chi connectivity index (χ0n) is 8.24. The first-order valence-electron chi connectivity index (χ1n) is 4.89. The van der Waals surface area contributed by atoms with Gasteiger partial charge in [0.15, 0.2) is 0 Å². The fourth-order valence-corrected chi connectivity index (χ4v) is 2.90. The fourth-order valence-electron chi connectivity index (χ4n) is 1.90. The van der Waals surface area contributed by atoms with E-state index in [4.69, 9.17) is 0 Å². The molecule has 0 unspecified atom stereocenters. The molecule has 0 aliphatic rings. The van der Waals surface area contributed by atoms with Crippen LogP contribution in [0.5, 0.6) is 0 Å². The minimum atomic E-state index is 1.04. The molecule has 0 fully saturated rings. The molecule has 1 nitrogen and oxygen atoms in total. The van der Waals surface area contributed by atoms with Gasteiger partial charge in [-0.15, -0.1) is 0 Å². The van der Waals surface area contributed by atoms with Crippen molar-refractivity contribution in [2.24, 2.45) is 0 Å². The van der Waals surface area contributed by atoms with Crippen LogP contribution in [0.15, 0.2) is 51.5 Å². The van der Waals surface area contributed by atoms with Gasteiger partial charge < -0.3 is 0 Å². The van der Waals surface area contributed by atoms with Crippen LogP contribution < -0.4 is 0 Å².